The van der Waals surface area contributed by atoms with E-state index in [4.69, 9.17) is 9.47 Å². The Morgan fingerprint density at radius 2 is 1.71 bits per heavy atom. The highest BCUT2D eigenvalue weighted by Gasteiger charge is 2.03. The van der Waals surface area contributed by atoms with Crippen LogP contribution in [0.1, 0.15) is 0 Å². The van der Waals surface area contributed by atoms with Crippen LogP contribution < -0.4 is 14.8 Å². The van der Waals surface area contributed by atoms with Gasteiger partial charge in [0, 0.05) is 13.1 Å². The van der Waals surface area contributed by atoms with E-state index in [0.29, 0.717) is 0 Å². The summed E-state index contributed by atoms with van der Waals surface area (Å²) in [5.74, 6) is 2.40. The molecule has 0 heterocycles. The molecule has 2 aromatic carbocycles. The number of nitrogens with one attached hydrogen (secondary N) is 1. The van der Waals surface area contributed by atoms with Gasteiger partial charge in [0.05, 0.1) is 12.8 Å². The first-order valence-electron chi connectivity index (χ1n) is 5.42. The van der Waals surface area contributed by atoms with Crippen molar-refractivity contribution in [1.29, 1.82) is 0 Å². The number of rotatable bonds is 4. The lowest BCUT2D eigenvalue weighted by Crippen LogP contribution is -1.94. The summed E-state index contributed by atoms with van der Waals surface area (Å²) in [6, 6.07) is 15.4. The van der Waals surface area contributed by atoms with E-state index in [-0.39, 0.29) is 0 Å². The topological polar surface area (TPSA) is 30.5 Å². The quantitative estimate of drug-likeness (QED) is 0.870. The molecule has 2 aromatic rings. The van der Waals surface area contributed by atoms with E-state index in [1.54, 1.807) is 7.11 Å². The number of para-hydroxylation sites is 1. The largest absolute Gasteiger partial charge is 0.495 e. The highest BCUT2D eigenvalue weighted by atomic mass is 16.5. The third-order valence-corrected chi connectivity index (χ3v) is 2.42. The van der Waals surface area contributed by atoms with E-state index >= 15 is 0 Å². The Labute approximate surface area is 101 Å². The Hall–Kier alpha value is -2.16. The Kier molecular flexibility index (Phi) is 3.50. The lowest BCUT2D eigenvalue weighted by Gasteiger charge is -2.11. The van der Waals surface area contributed by atoms with Crippen molar-refractivity contribution < 1.29 is 9.47 Å². The molecule has 0 saturated carbocycles. The summed E-state index contributed by atoms with van der Waals surface area (Å²) in [6.07, 6.45) is 0. The molecule has 17 heavy (non-hydrogen) atoms. The van der Waals surface area contributed by atoms with Gasteiger partial charge in [-0.25, -0.2) is 0 Å². The first kappa shape index (κ1) is 11.3. The third kappa shape index (κ3) is 2.69. The van der Waals surface area contributed by atoms with Crippen molar-refractivity contribution in [2.45, 2.75) is 0 Å². The molecule has 0 aromatic heterocycles. The standard InChI is InChI=1S/C14H15NO2/c1-15-13-10-12(8-9-14(13)16-2)17-11-6-4-3-5-7-11/h3-10,15H,1-2H3. The number of methoxy groups -OCH3 is 1. The Morgan fingerprint density at radius 1 is 0.941 bits per heavy atom. The molecule has 0 radical (unpaired) electrons. The van der Waals surface area contributed by atoms with Crippen LogP contribution in [0, 0.1) is 0 Å². The van der Waals surface area contributed by atoms with Crippen LogP contribution in [0.4, 0.5) is 5.69 Å². The summed E-state index contributed by atoms with van der Waals surface area (Å²) in [5.41, 5.74) is 0.904. The summed E-state index contributed by atoms with van der Waals surface area (Å²) in [7, 11) is 3.50. The predicted octanol–water partition coefficient (Wildman–Crippen LogP) is 3.53. The van der Waals surface area contributed by atoms with Gasteiger partial charge in [0.2, 0.25) is 0 Å². The molecule has 0 aliphatic carbocycles. The van der Waals surface area contributed by atoms with Crippen molar-refractivity contribution in [2.75, 3.05) is 19.5 Å². The average molecular weight is 229 g/mol. The highest BCUT2D eigenvalue weighted by molar-refractivity contribution is 5.59. The number of hydrogen-bond acceptors (Lipinski definition) is 3. The molecule has 1 N–H and O–H groups in total. The second kappa shape index (κ2) is 5.25. The summed E-state index contributed by atoms with van der Waals surface area (Å²) >= 11 is 0. The number of hydrogen-bond donors (Lipinski definition) is 1. The lowest BCUT2D eigenvalue weighted by molar-refractivity contribution is 0.415. The van der Waals surface area contributed by atoms with Crippen LogP contribution >= 0.6 is 0 Å². The summed E-state index contributed by atoms with van der Waals surface area (Å²) in [5, 5.41) is 3.07. The van der Waals surface area contributed by atoms with Gasteiger partial charge in [-0.15, -0.1) is 0 Å². The minimum Gasteiger partial charge on any atom is -0.495 e. The summed E-state index contributed by atoms with van der Waals surface area (Å²) < 4.78 is 10.9. The molecule has 0 bridgehead atoms. The van der Waals surface area contributed by atoms with E-state index < -0.39 is 0 Å². The molecule has 0 atom stereocenters. The fourth-order valence-corrected chi connectivity index (χ4v) is 1.57. The minimum atomic E-state index is 0.779. The SMILES string of the molecule is CNc1cc(Oc2ccccc2)ccc1OC. The zero-order valence-electron chi connectivity index (χ0n) is 9.94. The van der Waals surface area contributed by atoms with Crippen LogP contribution in [-0.4, -0.2) is 14.2 Å². The van der Waals surface area contributed by atoms with Crippen LogP contribution in [0.5, 0.6) is 17.2 Å². The van der Waals surface area contributed by atoms with E-state index in [1.165, 1.54) is 0 Å². The Bertz CT molecular complexity index is 483. The van der Waals surface area contributed by atoms with Gasteiger partial charge in [-0.05, 0) is 24.3 Å². The fraction of sp³-hybridized carbons (Fsp3) is 0.143. The maximum Gasteiger partial charge on any atom is 0.142 e. The van der Waals surface area contributed by atoms with Crippen LogP contribution in [0.25, 0.3) is 0 Å². The molecule has 0 aliphatic heterocycles. The molecular weight excluding hydrogens is 214 g/mol. The van der Waals surface area contributed by atoms with Crippen molar-refractivity contribution in [3.05, 3.63) is 48.5 Å². The maximum absolute atomic E-state index is 5.72. The van der Waals surface area contributed by atoms with Gasteiger partial charge >= 0.3 is 0 Å². The van der Waals surface area contributed by atoms with Gasteiger partial charge in [-0.2, -0.15) is 0 Å². The molecule has 0 amide bonds. The van der Waals surface area contributed by atoms with Crippen molar-refractivity contribution in [3.63, 3.8) is 0 Å². The van der Waals surface area contributed by atoms with Gasteiger partial charge in [0.15, 0.2) is 0 Å². The van der Waals surface area contributed by atoms with Crippen molar-refractivity contribution in [1.82, 2.24) is 0 Å². The number of benzene rings is 2. The number of ether oxygens (including phenoxy) is 2. The molecule has 3 heteroatoms. The zero-order chi connectivity index (χ0) is 12.1. The normalized spacial score (nSPS) is 9.76. The maximum atomic E-state index is 5.72. The fourth-order valence-electron chi connectivity index (χ4n) is 1.57. The molecule has 88 valence electrons. The average Bonchev–Trinajstić information content (AvgIpc) is 2.40. The van der Waals surface area contributed by atoms with Gasteiger partial charge in [0.25, 0.3) is 0 Å². The van der Waals surface area contributed by atoms with E-state index in [0.717, 1.165) is 22.9 Å². The van der Waals surface area contributed by atoms with Gasteiger partial charge < -0.3 is 14.8 Å². The first-order chi connectivity index (χ1) is 8.33. The molecule has 0 saturated heterocycles. The van der Waals surface area contributed by atoms with Crippen LogP contribution in [-0.2, 0) is 0 Å². The van der Waals surface area contributed by atoms with Crippen molar-refractivity contribution >= 4 is 5.69 Å². The minimum absolute atomic E-state index is 0.779. The first-order valence-corrected chi connectivity index (χ1v) is 5.42. The predicted molar refractivity (Wildman–Crippen MR) is 69.1 cm³/mol. The number of anilines is 1. The molecule has 0 spiro atoms. The summed E-state index contributed by atoms with van der Waals surface area (Å²) in [6.45, 7) is 0. The monoisotopic (exact) mass is 229 g/mol. The van der Waals surface area contributed by atoms with Gasteiger partial charge in [-0.1, -0.05) is 18.2 Å². The van der Waals surface area contributed by atoms with Crippen LogP contribution in [0.15, 0.2) is 48.5 Å². The molecule has 0 fully saturated rings. The molecule has 3 nitrogen and oxygen atoms in total. The second-order valence-electron chi connectivity index (χ2n) is 3.53. The second-order valence-corrected chi connectivity index (χ2v) is 3.53. The molecule has 2 rings (SSSR count). The summed E-state index contributed by atoms with van der Waals surface area (Å²) in [4.78, 5) is 0. The third-order valence-electron chi connectivity index (χ3n) is 2.42. The van der Waals surface area contributed by atoms with E-state index in [1.807, 2.05) is 55.6 Å². The van der Waals surface area contributed by atoms with Crippen molar-refractivity contribution in [2.24, 2.45) is 0 Å². The smallest absolute Gasteiger partial charge is 0.142 e. The Morgan fingerprint density at radius 3 is 2.35 bits per heavy atom. The molecular formula is C14H15NO2. The molecule has 0 aliphatic rings. The lowest BCUT2D eigenvalue weighted by atomic mass is 10.2. The van der Waals surface area contributed by atoms with Crippen LogP contribution in [0.3, 0.4) is 0 Å². The Balaban J connectivity index is 2.22. The van der Waals surface area contributed by atoms with E-state index in [2.05, 4.69) is 5.32 Å². The van der Waals surface area contributed by atoms with E-state index in [9.17, 15) is 0 Å². The van der Waals surface area contributed by atoms with Gasteiger partial charge in [-0.3, -0.25) is 0 Å². The zero-order valence-corrected chi connectivity index (χ0v) is 9.94. The van der Waals surface area contributed by atoms with Crippen molar-refractivity contribution in [3.8, 4) is 17.2 Å². The van der Waals surface area contributed by atoms with Gasteiger partial charge in [0.1, 0.15) is 17.2 Å². The van der Waals surface area contributed by atoms with Crippen LogP contribution in [0.2, 0.25) is 0 Å². The highest BCUT2D eigenvalue weighted by Crippen LogP contribution is 2.30. The molecule has 0 unspecified atom stereocenters.